The lowest BCUT2D eigenvalue weighted by Crippen LogP contribution is -2.31. The zero-order valence-electron chi connectivity index (χ0n) is 17.7. The predicted molar refractivity (Wildman–Crippen MR) is 107 cm³/mol. The van der Waals surface area contributed by atoms with Crippen LogP contribution in [-0.4, -0.2) is 34.4 Å². The Labute approximate surface area is 182 Å². The smallest absolute Gasteiger partial charge is 0.416 e. The van der Waals surface area contributed by atoms with Crippen LogP contribution >= 0.6 is 0 Å². The van der Waals surface area contributed by atoms with Crippen LogP contribution in [0.25, 0.3) is 0 Å². The van der Waals surface area contributed by atoms with Gasteiger partial charge in [-0.1, -0.05) is 26.0 Å². The van der Waals surface area contributed by atoms with E-state index in [2.05, 4.69) is 15.6 Å². The Kier molecular flexibility index (Phi) is 8.01. The molecule has 3 N–H and O–H groups in total. The number of carbonyl (C=O) groups is 3. The van der Waals surface area contributed by atoms with Gasteiger partial charge < -0.3 is 20.2 Å². The molecule has 0 spiro atoms. The number of halogens is 3. The van der Waals surface area contributed by atoms with Gasteiger partial charge in [-0.25, -0.2) is 4.98 Å². The number of carboxylic acid groups (broad SMARTS) is 1. The number of hydrogen-bond acceptors (Lipinski definition) is 5. The Bertz CT molecular complexity index is 968. The number of rotatable bonds is 9. The molecule has 11 heteroatoms. The van der Waals surface area contributed by atoms with Crippen molar-refractivity contribution in [2.24, 2.45) is 5.92 Å². The summed E-state index contributed by atoms with van der Waals surface area (Å²) in [6, 6.07) is 3.61. The number of aryl methyl sites for hydroxylation is 1. The predicted octanol–water partition coefficient (Wildman–Crippen LogP) is 3.26. The minimum absolute atomic E-state index is 0.0810. The SMILES string of the molecule is Cc1oc([C@H](CC(C)C)NC(=O)Cc2ccc(C(F)(F)F)cc2)nc1C(=O)NCC(=O)O. The van der Waals surface area contributed by atoms with E-state index in [0.717, 1.165) is 12.1 Å². The number of carboxylic acids is 1. The Hall–Kier alpha value is -3.37. The molecule has 0 aliphatic rings. The molecule has 2 rings (SSSR count). The molecule has 0 radical (unpaired) electrons. The first kappa shape index (κ1) is 24.9. The molecule has 0 fully saturated rings. The lowest BCUT2D eigenvalue weighted by molar-refractivity contribution is -0.138. The van der Waals surface area contributed by atoms with Crippen molar-refractivity contribution < 1.29 is 37.1 Å². The van der Waals surface area contributed by atoms with E-state index >= 15 is 0 Å². The minimum atomic E-state index is -4.46. The molecular weight excluding hydrogens is 431 g/mol. The topological polar surface area (TPSA) is 122 Å². The molecule has 1 heterocycles. The van der Waals surface area contributed by atoms with Gasteiger partial charge in [0.1, 0.15) is 18.3 Å². The number of benzene rings is 1. The number of aromatic nitrogens is 1. The molecule has 0 aliphatic heterocycles. The molecule has 2 amide bonds. The molecule has 1 aromatic heterocycles. The Balaban J connectivity index is 2.13. The first-order valence-corrected chi connectivity index (χ1v) is 9.79. The second-order valence-corrected chi connectivity index (χ2v) is 7.65. The van der Waals surface area contributed by atoms with Gasteiger partial charge in [0, 0.05) is 0 Å². The molecule has 0 aliphatic carbocycles. The molecule has 0 bridgehead atoms. The summed E-state index contributed by atoms with van der Waals surface area (Å²) < 4.78 is 43.6. The zero-order valence-corrected chi connectivity index (χ0v) is 17.7. The summed E-state index contributed by atoms with van der Waals surface area (Å²) in [4.78, 5) is 39.4. The molecule has 1 aromatic carbocycles. The van der Waals surface area contributed by atoms with Crippen LogP contribution in [-0.2, 0) is 22.2 Å². The van der Waals surface area contributed by atoms with E-state index in [9.17, 15) is 27.6 Å². The Morgan fingerprint density at radius 2 is 1.78 bits per heavy atom. The average Bonchev–Trinajstić information content (AvgIpc) is 3.06. The van der Waals surface area contributed by atoms with Crippen molar-refractivity contribution in [2.75, 3.05) is 6.54 Å². The third-order valence-corrected chi connectivity index (χ3v) is 4.41. The van der Waals surface area contributed by atoms with Crippen LogP contribution in [0.4, 0.5) is 13.2 Å². The van der Waals surface area contributed by atoms with E-state index in [1.54, 1.807) is 0 Å². The van der Waals surface area contributed by atoms with Gasteiger partial charge in [-0.3, -0.25) is 14.4 Å². The van der Waals surface area contributed by atoms with E-state index in [0.29, 0.717) is 12.0 Å². The number of aliphatic carboxylic acids is 1. The maximum Gasteiger partial charge on any atom is 0.416 e. The lowest BCUT2D eigenvalue weighted by atomic mass is 10.0. The summed E-state index contributed by atoms with van der Waals surface area (Å²) in [6.45, 7) is 4.72. The fourth-order valence-electron chi connectivity index (χ4n) is 2.95. The van der Waals surface area contributed by atoms with E-state index in [1.165, 1.54) is 19.1 Å². The van der Waals surface area contributed by atoms with E-state index in [4.69, 9.17) is 9.52 Å². The normalized spacial score (nSPS) is 12.5. The van der Waals surface area contributed by atoms with Gasteiger partial charge in [0.25, 0.3) is 5.91 Å². The second kappa shape index (κ2) is 10.3. The van der Waals surface area contributed by atoms with E-state index < -0.39 is 42.1 Å². The Morgan fingerprint density at radius 1 is 1.16 bits per heavy atom. The third-order valence-electron chi connectivity index (χ3n) is 4.41. The van der Waals surface area contributed by atoms with Crippen LogP contribution in [0.2, 0.25) is 0 Å². The van der Waals surface area contributed by atoms with Crippen molar-refractivity contribution in [3.05, 3.63) is 52.7 Å². The lowest BCUT2D eigenvalue weighted by Gasteiger charge is -2.18. The van der Waals surface area contributed by atoms with Gasteiger partial charge in [-0.2, -0.15) is 13.2 Å². The highest BCUT2D eigenvalue weighted by Crippen LogP contribution is 2.29. The number of nitrogens with one attached hydrogen (secondary N) is 2. The van der Waals surface area contributed by atoms with Gasteiger partial charge in [0.05, 0.1) is 12.0 Å². The molecule has 0 unspecified atom stereocenters. The van der Waals surface area contributed by atoms with Crippen LogP contribution < -0.4 is 10.6 Å². The molecule has 8 nitrogen and oxygen atoms in total. The maximum absolute atomic E-state index is 12.7. The van der Waals surface area contributed by atoms with Crippen LogP contribution in [0.5, 0.6) is 0 Å². The van der Waals surface area contributed by atoms with Crippen LogP contribution in [0, 0.1) is 12.8 Å². The van der Waals surface area contributed by atoms with E-state index in [1.807, 2.05) is 13.8 Å². The second-order valence-electron chi connectivity index (χ2n) is 7.65. The third kappa shape index (κ3) is 7.10. The molecule has 0 saturated heterocycles. The summed E-state index contributed by atoms with van der Waals surface area (Å²) >= 11 is 0. The Morgan fingerprint density at radius 3 is 2.31 bits per heavy atom. The fraction of sp³-hybridized carbons (Fsp3) is 0.429. The molecule has 1 atom stereocenters. The van der Waals surface area contributed by atoms with Gasteiger partial charge >= 0.3 is 12.1 Å². The van der Waals surface area contributed by atoms with Crippen molar-refractivity contribution in [1.82, 2.24) is 15.6 Å². The van der Waals surface area contributed by atoms with Crippen molar-refractivity contribution >= 4 is 17.8 Å². The maximum atomic E-state index is 12.7. The minimum Gasteiger partial charge on any atom is -0.480 e. The van der Waals surface area contributed by atoms with Crippen molar-refractivity contribution in [3.63, 3.8) is 0 Å². The summed E-state index contributed by atoms with van der Waals surface area (Å²) in [5.74, 6) is -2.04. The number of alkyl halides is 3. The number of carbonyl (C=O) groups excluding carboxylic acids is 2. The molecule has 2 aromatic rings. The highest BCUT2D eigenvalue weighted by Gasteiger charge is 2.30. The van der Waals surface area contributed by atoms with Crippen LogP contribution in [0.15, 0.2) is 28.7 Å². The number of amides is 2. The van der Waals surface area contributed by atoms with Gasteiger partial charge in [-0.15, -0.1) is 0 Å². The van der Waals surface area contributed by atoms with Crippen molar-refractivity contribution in [1.29, 1.82) is 0 Å². The first-order valence-electron chi connectivity index (χ1n) is 9.79. The summed E-state index contributed by atoms with van der Waals surface area (Å²) in [7, 11) is 0. The quantitative estimate of drug-likeness (QED) is 0.534. The van der Waals surface area contributed by atoms with Crippen LogP contribution in [0.3, 0.4) is 0 Å². The highest BCUT2D eigenvalue weighted by atomic mass is 19.4. The zero-order chi connectivity index (χ0) is 24.1. The van der Waals surface area contributed by atoms with Gasteiger partial charge in [0.15, 0.2) is 5.69 Å². The van der Waals surface area contributed by atoms with Gasteiger partial charge in [-0.05, 0) is 37.0 Å². The molecular formula is C21H24F3N3O5. The average molecular weight is 455 g/mol. The summed E-state index contributed by atoms with van der Waals surface area (Å²) in [6.07, 6.45) is -4.19. The highest BCUT2D eigenvalue weighted by molar-refractivity contribution is 5.94. The van der Waals surface area contributed by atoms with Crippen LogP contribution in [0.1, 0.15) is 59.6 Å². The monoisotopic (exact) mass is 455 g/mol. The van der Waals surface area contributed by atoms with Crippen molar-refractivity contribution in [3.8, 4) is 0 Å². The molecule has 174 valence electrons. The number of hydrogen-bond donors (Lipinski definition) is 3. The fourth-order valence-corrected chi connectivity index (χ4v) is 2.95. The summed E-state index contributed by atoms with van der Waals surface area (Å²) in [5.41, 5.74) is -0.494. The standard InChI is InChI=1S/C21H24F3N3O5/c1-11(2)8-15(20-27-18(12(3)32-20)19(31)25-10-17(29)30)26-16(28)9-13-4-6-14(7-5-13)21(22,23)24/h4-7,11,15H,8-10H2,1-3H3,(H,25,31)(H,26,28)(H,29,30)/t15-/m0/s1. The molecule has 0 saturated carbocycles. The van der Waals surface area contributed by atoms with E-state index in [-0.39, 0.29) is 29.7 Å². The van der Waals surface area contributed by atoms with Crippen molar-refractivity contribution in [2.45, 2.75) is 45.8 Å². The molecule has 32 heavy (non-hydrogen) atoms. The number of oxazole rings is 1. The number of nitrogens with zero attached hydrogens (tertiary/aromatic N) is 1. The largest absolute Gasteiger partial charge is 0.480 e. The summed E-state index contributed by atoms with van der Waals surface area (Å²) in [5, 5.41) is 13.6. The van der Waals surface area contributed by atoms with Gasteiger partial charge in [0.2, 0.25) is 11.8 Å². The first-order chi connectivity index (χ1) is 14.9.